The van der Waals surface area contributed by atoms with Crippen LogP contribution in [-0.2, 0) is 0 Å². The van der Waals surface area contributed by atoms with E-state index in [1.54, 1.807) is 0 Å². The Morgan fingerprint density at radius 3 is 1.20 bits per heavy atom. The van der Waals surface area contributed by atoms with E-state index in [0.29, 0.717) is 0 Å². The minimum absolute atomic E-state index is 1.03. The lowest BCUT2D eigenvalue weighted by Crippen LogP contribution is -2.30. The maximum atomic E-state index is 2.83. The highest BCUT2D eigenvalue weighted by molar-refractivity contribution is 5.01. The molecular weight excluding hydrogens is 122 g/mol. The van der Waals surface area contributed by atoms with Gasteiger partial charge in [0, 0.05) is 18.1 Å². The van der Waals surface area contributed by atoms with Gasteiger partial charge in [-0.1, -0.05) is 0 Å². The maximum absolute atomic E-state index is 2.83. The summed E-state index contributed by atoms with van der Waals surface area (Å²) >= 11 is 0. The third kappa shape index (κ3) is 0.531. The van der Waals surface area contributed by atoms with Crippen molar-refractivity contribution in [2.45, 2.75) is 56.7 Å². The van der Waals surface area contributed by atoms with Crippen molar-refractivity contribution in [1.29, 1.82) is 0 Å². The molecule has 0 amide bonds. The first kappa shape index (κ1) is 5.59. The second-order valence-corrected chi connectivity index (χ2v) is 4.14. The van der Waals surface area contributed by atoms with Crippen molar-refractivity contribution >= 4 is 0 Å². The quantitative estimate of drug-likeness (QED) is 0.492. The van der Waals surface area contributed by atoms with E-state index in [-0.39, 0.29) is 0 Å². The summed E-state index contributed by atoms with van der Waals surface area (Å²) in [6, 6.07) is 3.08. The van der Waals surface area contributed by atoms with Crippen LogP contribution in [0.3, 0.4) is 0 Å². The fourth-order valence-electron chi connectivity index (χ4n) is 3.38. The molecule has 0 N–H and O–H groups in total. The van der Waals surface area contributed by atoms with Crippen LogP contribution in [-0.4, -0.2) is 23.0 Å². The molecule has 3 saturated heterocycles. The van der Waals surface area contributed by atoms with Crippen LogP contribution in [0.1, 0.15) is 38.5 Å². The Morgan fingerprint density at radius 2 is 0.900 bits per heavy atom. The fraction of sp³-hybridized carbons (Fsp3) is 1.00. The summed E-state index contributed by atoms with van der Waals surface area (Å²) in [6.07, 6.45) is 9.09. The molecule has 0 saturated carbocycles. The number of hydrogen-bond acceptors (Lipinski definition) is 1. The number of hydrogen-bond donors (Lipinski definition) is 0. The van der Waals surface area contributed by atoms with Gasteiger partial charge in [0.2, 0.25) is 0 Å². The highest BCUT2D eigenvalue weighted by Crippen LogP contribution is 2.44. The van der Waals surface area contributed by atoms with E-state index in [1.165, 1.54) is 38.5 Å². The van der Waals surface area contributed by atoms with Gasteiger partial charge in [0.25, 0.3) is 0 Å². The first-order valence-electron chi connectivity index (χ1n) is 4.72. The molecular formula is C9H15N. The molecule has 3 aliphatic rings. The zero-order valence-electron chi connectivity index (χ0n) is 6.42. The van der Waals surface area contributed by atoms with Crippen LogP contribution in [0.5, 0.6) is 0 Å². The van der Waals surface area contributed by atoms with Crippen molar-refractivity contribution in [2.24, 2.45) is 0 Å². The van der Waals surface area contributed by atoms with Crippen molar-refractivity contribution in [3.05, 3.63) is 0 Å². The van der Waals surface area contributed by atoms with Crippen molar-refractivity contribution in [3.63, 3.8) is 0 Å². The summed E-state index contributed by atoms with van der Waals surface area (Å²) in [4.78, 5) is 2.83. The summed E-state index contributed by atoms with van der Waals surface area (Å²) in [5.41, 5.74) is 0. The summed E-state index contributed by atoms with van der Waals surface area (Å²) in [7, 11) is 0. The first-order chi connectivity index (χ1) is 4.95. The Labute approximate surface area is 62.4 Å². The molecule has 3 rings (SSSR count). The van der Waals surface area contributed by atoms with Gasteiger partial charge in [-0.25, -0.2) is 0 Å². The summed E-state index contributed by atoms with van der Waals surface area (Å²) in [6.45, 7) is 0. The SMILES string of the molecule is C1CC2CCC3CCC1N23. The Balaban J connectivity index is 1.94. The number of nitrogens with zero attached hydrogens (tertiary/aromatic N) is 1. The standard InChI is InChI=1S/C9H15N/c1-2-8-5-6-9-4-3-7(1)10(8)9/h7-9H,1-6H2. The zero-order chi connectivity index (χ0) is 6.55. The van der Waals surface area contributed by atoms with Gasteiger partial charge in [-0.15, -0.1) is 0 Å². The lowest BCUT2D eigenvalue weighted by atomic mass is 10.1. The molecule has 1 heteroatoms. The van der Waals surface area contributed by atoms with Gasteiger partial charge in [0.1, 0.15) is 0 Å². The third-order valence-electron chi connectivity index (χ3n) is 3.76. The van der Waals surface area contributed by atoms with Gasteiger partial charge >= 0.3 is 0 Å². The molecule has 0 unspecified atom stereocenters. The molecule has 0 radical (unpaired) electrons. The lowest BCUT2D eigenvalue weighted by Gasteiger charge is -2.20. The van der Waals surface area contributed by atoms with E-state index < -0.39 is 0 Å². The average Bonchev–Trinajstić information content (AvgIpc) is 2.56. The normalized spacial score (nSPS) is 52.2. The predicted molar refractivity (Wildman–Crippen MR) is 40.9 cm³/mol. The topological polar surface area (TPSA) is 3.24 Å². The van der Waals surface area contributed by atoms with Gasteiger partial charge in [0.15, 0.2) is 0 Å². The highest BCUT2D eigenvalue weighted by atomic mass is 15.3. The molecule has 3 fully saturated rings. The van der Waals surface area contributed by atoms with E-state index >= 15 is 0 Å². The van der Waals surface area contributed by atoms with Gasteiger partial charge < -0.3 is 0 Å². The van der Waals surface area contributed by atoms with Gasteiger partial charge in [0.05, 0.1) is 0 Å². The smallest absolute Gasteiger partial charge is 0.0102 e. The average molecular weight is 137 g/mol. The summed E-state index contributed by atoms with van der Waals surface area (Å²) in [5.74, 6) is 0. The fourth-order valence-corrected chi connectivity index (χ4v) is 3.38. The summed E-state index contributed by atoms with van der Waals surface area (Å²) < 4.78 is 0. The molecule has 0 bridgehead atoms. The maximum Gasteiger partial charge on any atom is 0.0102 e. The Hall–Kier alpha value is -0.0400. The van der Waals surface area contributed by atoms with Gasteiger partial charge in [-0.05, 0) is 38.5 Å². The molecule has 3 aliphatic heterocycles. The van der Waals surface area contributed by atoms with E-state index in [1.807, 2.05) is 0 Å². The van der Waals surface area contributed by atoms with Crippen molar-refractivity contribution in [2.75, 3.05) is 0 Å². The van der Waals surface area contributed by atoms with E-state index in [4.69, 9.17) is 0 Å². The third-order valence-corrected chi connectivity index (χ3v) is 3.76. The van der Waals surface area contributed by atoms with Crippen molar-refractivity contribution in [1.82, 2.24) is 4.90 Å². The van der Waals surface area contributed by atoms with Crippen LogP contribution in [0.2, 0.25) is 0 Å². The lowest BCUT2D eigenvalue weighted by molar-refractivity contribution is 0.242. The van der Waals surface area contributed by atoms with Crippen molar-refractivity contribution in [3.8, 4) is 0 Å². The van der Waals surface area contributed by atoms with Crippen LogP contribution >= 0.6 is 0 Å². The molecule has 0 aromatic rings. The van der Waals surface area contributed by atoms with E-state index in [0.717, 1.165) is 18.1 Å². The van der Waals surface area contributed by atoms with Gasteiger partial charge in [-0.2, -0.15) is 0 Å². The van der Waals surface area contributed by atoms with Crippen LogP contribution in [0.4, 0.5) is 0 Å². The first-order valence-corrected chi connectivity index (χ1v) is 4.72. The highest BCUT2D eigenvalue weighted by Gasteiger charge is 2.46. The van der Waals surface area contributed by atoms with E-state index in [9.17, 15) is 0 Å². The minimum atomic E-state index is 1.03. The molecule has 0 aliphatic carbocycles. The zero-order valence-corrected chi connectivity index (χ0v) is 6.42. The molecule has 3 heterocycles. The van der Waals surface area contributed by atoms with Crippen LogP contribution < -0.4 is 0 Å². The molecule has 56 valence electrons. The molecule has 0 atom stereocenters. The molecule has 0 spiro atoms. The summed E-state index contributed by atoms with van der Waals surface area (Å²) in [5, 5.41) is 0. The second-order valence-electron chi connectivity index (χ2n) is 4.14. The van der Waals surface area contributed by atoms with Crippen LogP contribution in [0.25, 0.3) is 0 Å². The van der Waals surface area contributed by atoms with Crippen molar-refractivity contribution < 1.29 is 0 Å². The van der Waals surface area contributed by atoms with Gasteiger partial charge in [-0.3, -0.25) is 4.90 Å². The predicted octanol–water partition coefficient (Wildman–Crippen LogP) is 1.78. The Morgan fingerprint density at radius 1 is 0.600 bits per heavy atom. The Bertz CT molecular complexity index is 114. The van der Waals surface area contributed by atoms with Crippen LogP contribution in [0.15, 0.2) is 0 Å². The molecule has 0 aromatic heterocycles. The largest absolute Gasteiger partial charge is 0.294 e. The number of rotatable bonds is 0. The van der Waals surface area contributed by atoms with Crippen LogP contribution in [0, 0.1) is 0 Å². The monoisotopic (exact) mass is 137 g/mol. The Kier molecular flexibility index (Phi) is 0.984. The van der Waals surface area contributed by atoms with E-state index in [2.05, 4.69) is 4.90 Å². The second kappa shape index (κ2) is 1.76. The molecule has 0 aromatic carbocycles. The molecule has 10 heavy (non-hydrogen) atoms. The minimum Gasteiger partial charge on any atom is -0.294 e. The molecule has 1 nitrogen and oxygen atoms in total.